The van der Waals surface area contributed by atoms with Crippen LogP contribution in [-0.4, -0.2) is 18.0 Å². The molecule has 0 radical (unpaired) electrons. The minimum absolute atomic E-state index is 0.229. The molecule has 1 aromatic carbocycles. The summed E-state index contributed by atoms with van der Waals surface area (Å²) in [7, 11) is 0. The van der Waals surface area contributed by atoms with Crippen LogP contribution in [0.4, 0.5) is 0 Å². The second-order valence-corrected chi connectivity index (χ2v) is 5.70. The van der Waals surface area contributed by atoms with Crippen LogP contribution in [0.3, 0.4) is 0 Å². The van der Waals surface area contributed by atoms with E-state index in [0.29, 0.717) is 10.0 Å². The van der Waals surface area contributed by atoms with Gasteiger partial charge in [-0.3, -0.25) is 4.79 Å². The quantitative estimate of drug-likeness (QED) is 0.883. The van der Waals surface area contributed by atoms with E-state index in [1.54, 1.807) is 18.2 Å². The lowest BCUT2D eigenvalue weighted by Gasteiger charge is -2.08. The topological polar surface area (TPSA) is 69.4 Å². The number of thiophene rings is 1. The number of rotatable bonds is 3. The van der Waals surface area contributed by atoms with E-state index in [4.69, 9.17) is 33.7 Å². The Hall–Kier alpha value is -1.30. The van der Waals surface area contributed by atoms with Gasteiger partial charge in [-0.1, -0.05) is 29.3 Å². The molecule has 0 spiro atoms. The van der Waals surface area contributed by atoms with Crippen molar-refractivity contribution in [2.75, 3.05) is 0 Å². The summed E-state index contributed by atoms with van der Waals surface area (Å²) in [6.07, 6.45) is -1.00. The molecule has 0 aliphatic rings. The van der Waals surface area contributed by atoms with Crippen LogP contribution >= 0.6 is 34.5 Å². The lowest BCUT2D eigenvalue weighted by molar-refractivity contribution is -0.125. The van der Waals surface area contributed by atoms with Crippen LogP contribution in [0.25, 0.3) is 10.1 Å². The molecule has 2 aromatic rings. The van der Waals surface area contributed by atoms with Crippen LogP contribution in [0, 0.1) is 0 Å². The predicted octanol–water partition coefficient (Wildman–Crippen LogP) is 3.24. The second-order valence-electron chi connectivity index (χ2n) is 3.84. The summed E-state index contributed by atoms with van der Waals surface area (Å²) >= 11 is 13.1. The molecule has 19 heavy (non-hydrogen) atoms. The van der Waals surface area contributed by atoms with Gasteiger partial charge < -0.3 is 10.5 Å². The third-order valence-corrected chi connectivity index (χ3v) is 4.33. The van der Waals surface area contributed by atoms with Crippen molar-refractivity contribution < 1.29 is 14.3 Å². The van der Waals surface area contributed by atoms with Gasteiger partial charge in [0, 0.05) is 15.1 Å². The molecule has 4 nitrogen and oxygen atoms in total. The molecule has 1 aromatic heterocycles. The number of ether oxygens (including phenoxy) is 1. The molecule has 0 aliphatic heterocycles. The molecule has 100 valence electrons. The van der Waals surface area contributed by atoms with Gasteiger partial charge in [-0.15, -0.1) is 11.3 Å². The zero-order valence-electron chi connectivity index (χ0n) is 9.78. The van der Waals surface area contributed by atoms with E-state index in [9.17, 15) is 9.59 Å². The molecule has 1 atom stereocenters. The number of carbonyl (C=O) groups excluding carboxylic acids is 2. The first-order valence-corrected chi connectivity index (χ1v) is 6.85. The first kappa shape index (κ1) is 14.1. The Kier molecular flexibility index (Phi) is 3.99. The summed E-state index contributed by atoms with van der Waals surface area (Å²) in [6, 6.07) is 5.12. The van der Waals surface area contributed by atoms with Crippen LogP contribution in [0.5, 0.6) is 0 Å². The molecule has 0 unspecified atom stereocenters. The Morgan fingerprint density at radius 1 is 1.37 bits per heavy atom. The molecule has 1 amide bonds. The average Bonchev–Trinajstić information content (AvgIpc) is 2.66. The van der Waals surface area contributed by atoms with Crippen LogP contribution in [0.2, 0.25) is 10.0 Å². The largest absolute Gasteiger partial charge is 0.448 e. The Bertz CT molecular complexity index is 668. The Morgan fingerprint density at radius 2 is 2.05 bits per heavy atom. The maximum Gasteiger partial charge on any atom is 0.350 e. The number of hydrogen-bond acceptors (Lipinski definition) is 4. The van der Waals surface area contributed by atoms with Gasteiger partial charge in [-0.05, 0) is 19.1 Å². The minimum Gasteiger partial charge on any atom is -0.448 e. The number of esters is 1. The molecule has 2 rings (SSSR count). The number of hydrogen-bond donors (Lipinski definition) is 1. The SMILES string of the molecule is C[C@H](OC(=O)c1sc2cc(Cl)ccc2c1Cl)C(N)=O. The van der Waals surface area contributed by atoms with Crippen LogP contribution < -0.4 is 5.73 Å². The Morgan fingerprint density at radius 3 is 2.68 bits per heavy atom. The number of benzene rings is 1. The lowest BCUT2D eigenvalue weighted by atomic mass is 10.2. The van der Waals surface area contributed by atoms with E-state index >= 15 is 0 Å². The van der Waals surface area contributed by atoms with Crippen molar-refractivity contribution in [3.8, 4) is 0 Å². The Labute approximate surface area is 123 Å². The van der Waals surface area contributed by atoms with Crippen LogP contribution in [-0.2, 0) is 9.53 Å². The van der Waals surface area contributed by atoms with Gasteiger partial charge >= 0.3 is 5.97 Å². The first-order valence-electron chi connectivity index (χ1n) is 5.28. The van der Waals surface area contributed by atoms with E-state index in [-0.39, 0.29) is 4.88 Å². The van der Waals surface area contributed by atoms with E-state index < -0.39 is 18.0 Å². The van der Waals surface area contributed by atoms with Gasteiger partial charge in [0.1, 0.15) is 4.88 Å². The molecule has 0 aliphatic carbocycles. The number of nitrogens with two attached hydrogens (primary N) is 1. The highest BCUT2D eigenvalue weighted by molar-refractivity contribution is 7.21. The molecule has 0 saturated carbocycles. The summed E-state index contributed by atoms with van der Waals surface area (Å²) in [5.74, 6) is -1.39. The molecular formula is C12H9Cl2NO3S. The molecule has 2 N–H and O–H groups in total. The third-order valence-electron chi connectivity index (χ3n) is 2.46. The second kappa shape index (κ2) is 5.36. The van der Waals surface area contributed by atoms with E-state index in [0.717, 1.165) is 21.4 Å². The summed E-state index contributed by atoms with van der Waals surface area (Å²) in [5.41, 5.74) is 5.03. The predicted molar refractivity (Wildman–Crippen MR) is 75.9 cm³/mol. The molecule has 0 saturated heterocycles. The summed E-state index contributed by atoms with van der Waals surface area (Å²) < 4.78 is 5.69. The molecule has 1 heterocycles. The van der Waals surface area contributed by atoms with E-state index in [1.165, 1.54) is 6.92 Å². The number of halogens is 2. The smallest absolute Gasteiger partial charge is 0.350 e. The number of primary amides is 1. The summed E-state index contributed by atoms with van der Waals surface area (Å²) in [5, 5.41) is 1.56. The number of amides is 1. The van der Waals surface area contributed by atoms with Gasteiger partial charge in [0.05, 0.1) is 5.02 Å². The van der Waals surface area contributed by atoms with Crippen molar-refractivity contribution in [3.63, 3.8) is 0 Å². The van der Waals surface area contributed by atoms with Crippen molar-refractivity contribution in [2.45, 2.75) is 13.0 Å². The van der Waals surface area contributed by atoms with E-state index in [1.807, 2.05) is 0 Å². The summed E-state index contributed by atoms with van der Waals surface area (Å²) in [4.78, 5) is 23.0. The van der Waals surface area contributed by atoms with Gasteiger partial charge in [-0.2, -0.15) is 0 Å². The molecule has 0 fully saturated rings. The zero-order valence-corrected chi connectivity index (χ0v) is 12.1. The van der Waals surface area contributed by atoms with Crippen LogP contribution in [0.15, 0.2) is 18.2 Å². The van der Waals surface area contributed by atoms with Gasteiger partial charge in [-0.25, -0.2) is 4.79 Å². The van der Waals surface area contributed by atoms with Gasteiger partial charge in [0.15, 0.2) is 6.10 Å². The summed E-state index contributed by atoms with van der Waals surface area (Å²) in [6.45, 7) is 1.40. The van der Waals surface area contributed by atoms with Crippen molar-refractivity contribution >= 4 is 56.5 Å². The zero-order chi connectivity index (χ0) is 14.2. The van der Waals surface area contributed by atoms with Crippen molar-refractivity contribution in [1.29, 1.82) is 0 Å². The first-order chi connectivity index (χ1) is 8.90. The van der Waals surface area contributed by atoms with Crippen molar-refractivity contribution in [2.24, 2.45) is 5.73 Å². The van der Waals surface area contributed by atoms with Crippen molar-refractivity contribution in [3.05, 3.63) is 33.1 Å². The fraction of sp³-hybridized carbons (Fsp3) is 0.167. The van der Waals surface area contributed by atoms with Crippen LogP contribution in [0.1, 0.15) is 16.6 Å². The minimum atomic E-state index is -1.00. The third kappa shape index (κ3) is 2.83. The highest BCUT2D eigenvalue weighted by Crippen LogP contribution is 2.37. The average molecular weight is 318 g/mol. The molecular weight excluding hydrogens is 309 g/mol. The van der Waals surface area contributed by atoms with Crippen molar-refractivity contribution in [1.82, 2.24) is 0 Å². The molecule has 7 heteroatoms. The normalized spacial score (nSPS) is 12.4. The number of fused-ring (bicyclic) bond motifs is 1. The lowest BCUT2D eigenvalue weighted by Crippen LogP contribution is -2.30. The maximum atomic E-state index is 11.9. The van der Waals surface area contributed by atoms with Gasteiger partial charge in [0.2, 0.25) is 0 Å². The monoisotopic (exact) mass is 317 g/mol. The fourth-order valence-electron chi connectivity index (χ4n) is 1.44. The highest BCUT2D eigenvalue weighted by Gasteiger charge is 2.22. The standard InChI is InChI=1S/C12H9Cl2NO3S/c1-5(11(15)16)18-12(17)10-9(14)7-3-2-6(13)4-8(7)19-10/h2-5H,1H3,(H2,15,16)/t5-/m0/s1. The fourth-order valence-corrected chi connectivity index (χ4v) is 3.11. The molecule has 0 bridgehead atoms. The maximum absolute atomic E-state index is 11.9. The highest BCUT2D eigenvalue weighted by atomic mass is 35.5. The van der Waals surface area contributed by atoms with E-state index in [2.05, 4.69) is 0 Å². The Balaban J connectivity index is 2.37. The van der Waals surface area contributed by atoms with Gasteiger partial charge in [0.25, 0.3) is 5.91 Å². The number of carbonyl (C=O) groups is 2.